The van der Waals surface area contributed by atoms with Crippen LogP contribution in [0.15, 0.2) is 34.8 Å². The predicted molar refractivity (Wildman–Crippen MR) is 69.7 cm³/mol. The van der Waals surface area contributed by atoms with Crippen molar-refractivity contribution in [3.05, 3.63) is 44.6 Å². The van der Waals surface area contributed by atoms with Crippen LogP contribution in [0, 0.1) is 0 Å². The van der Waals surface area contributed by atoms with E-state index in [2.05, 4.69) is 11.9 Å². The molecule has 0 atom stereocenters. The minimum absolute atomic E-state index is 0.573. The van der Waals surface area contributed by atoms with Gasteiger partial charge in [0.1, 0.15) is 5.69 Å². The number of aromatic nitrogens is 1. The van der Waals surface area contributed by atoms with E-state index in [0.29, 0.717) is 15.7 Å². The van der Waals surface area contributed by atoms with Gasteiger partial charge in [0.25, 0.3) is 0 Å². The van der Waals surface area contributed by atoms with Gasteiger partial charge in [-0.1, -0.05) is 29.3 Å². The van der Waals surface area contributed by atoms with Crippen LogP contribution >= 0.6 is 34.5 Å². The van der Waals surface area contributed by atoms with Gasteiger partial charge in [-0.25, -0.2) is 4.99 Å². The second kappa shape index (κ2) is 5.04. The Balaban J connectivity index is 2.59. The molecule has 0 N–H and O–H groups in total. The fraction of sp³-hybridized carbons (Fsp3) is 0.182. The maximum Gasteiger partial charge on any atom is 0.189 e. The molecule has 1 aromatic carbocycles. The number of benzene rings is 1. The van der Waals surface area contributed by atoms with Crippen molar-refractivity contribution in [2.24, 2.45) is 4.99 Å². The minimum Gasteiger partial charge on any atom is -0.324 e. The highest BCUT2D eigenvalue weighted by molar-refractivity contribution is 7.07. The highest BCUT2D eigenvalue weighted by Gasteiger charge is 2.03. The van der Waals surface area contributed by atoms with E-state index >= 15 is 0 Å². The summed E-state index contributed by atoms with van der Waals surface area (Å²) in [6.07, 6.45) is 1.99. The molecule has 0 saturated carbocycles. The van der Waals surface area contributed by atoms with Crippen molar-refractivity contribution in [2.75, 3.05) is 0 Å². The molecule has 1 heterocycles. The van der Waals surface area contributed by atoms with Crippen LogP contribution in [0.4, 0.5) is 5.69 Å². The van der Waals surface area contributed by atoms with Crippen LogP contribution in [-0.4, -0.2) is 4.57 Å². The van der Waals surface area contributed by atoms with E-state index < -0.39 is 0 Å². The van der Waals surface area contributed by atoms with Gasteiger partial charge in [-0.15, -0.1) is 11.3 Å². The lowest BCUT2D eigenvalue weighted by atomic mass is 10.3. The van der Waals surface area contributed by atoms with E-state index in [4.69, 9.17) is 23.2 Å². The second-order valence-electron chi connectivity index (χ2n) is 3.15. The molecule has 0 aliphatic heterocycles. The number of rotatable bonds is 2. The summed E-state index contributed by atoms with van der Waals surface area (Å²) in [5, 5.41) is 3.14. The summed E-state index contributed by atoms with van der Waals surface area (Å²) in [6, 6.07) is 5.39. The van der Waals surface area contributed by atoms with Crippen LogP contribution in [-0.2, 0) is 6.54 Å². The van der Waals surface area contributed by atoms with E-state index in [1.807, 2.05) is 22.2 Å². The Labute approximate surface area is 108 Å². The standard InChI is InChI=1S/C11H10Cl2N2S/c1-2-15-6-7-16-11(15)14-10-8(12)4-3-5-9(10)13/h3-7H,2H2,1H3. The maximum absolute atomic E-state index is 6.06. The highest BCUT2D eigenvalue weighted by Crippen LogP contribution is 2.32. The van der Waals surface area contributed by atoms with Crippen LogP contribution in [0.1, 0.15) is 6.92 Å². The van der Waals surface area contributed by atoms with Crippen molar-refractivity contribution in [2.45, 2.75) is 13.5 Å². The van der Waals surface area contributed by atoms with Gasteiger partial charge in [0.15, 0.2) is 4.80 Å². The van der Waals surface area contributed by atoms with E-state index in [-0.39, 0.29) is 0 Å². The smallest absolute Gasteiger partial charge is 0.189 e. The van der Waals surface area contributed by atoms with Crippen LogP contribution in [0.3, 0.4) is 0 Å². The third-order valence-electron chi connectivity index (χ3n) is 2.15. The van der Waals surface area contributed by atoms with Gasteiger partial charge in [-0.3, -0.25) is 0 Å². The molecule has 0 spiro atoms. The molecular weight excluding hydrogens is 263 g/mol. The second-order valence-corrected chi connectivity index (χ2v) is 4.84. The van der Waals surface area contributed by atoms with Crippen molar-refractivity contribution in [1.29, 1.82) is 0 Å². The Morgan fingerprint density at radius 3 is 2.62 bits per heavy atom. The first kappa shape index (κ1) is 11.7. The van der Waals surface area contributed by atoms with Gasteiger partial charge in [0.2, 0.25) is 0 Å². The first-order valence-corrected chi connectivity index (χ1v) is 6.48. The van der Waals surface area contributed by atoms with E-state index in [1.165, 1.54) is 0 Å². The number of aryl methyl sites for hydroxylation is 1. The Kier molecular flexibility index (Phi) is 3.69. The van der Waals surface area contributed by atoms with Crippen molar-refractivity contribution >= 4 is 40.2 Å². The average molecular weight is 273 g/mol. The summed E-state index contributed by atoms with van der Waals surface area (Å²) < 4.78 is 2.05. The molecule has 84 valence electrons. The third-order valence-corrected chi connectivity index (χ3v) is 3.55. The molecule has 0 fully saturated rings. The number of para-hydroxylation sites is 1. The third kappa shape index (κ3) is 2.32. The average Bonchev–Trinajstić information content (AvgIpc) is 2.71. The van der Waals surface area contributed by atoms with Gasteiger partial charge in [-0.05, 0) is 19.1 Å². The molecule has 2 nitrogen and oxygen atoms in total. The first-order chi connectivity index (χ1) is 7.72. The van der Waals surface area contributed by atoms with Crippen molar-refractivity contribution in [1.82, 2.24) is 4.57 Å². The molecule has 0 aliphatic carbocycles. The maximum atomic E-state index is 6.06. The van der Waals surface area contributed by atoms with Crippen molar-refractivity contribution in [3.8, 4) is 0 Å². The molecule has 16 heavy (non-hydrogen) atoms. The van der Waals surface area contributed by atoms with Crippen LogP contribution in [0.25, 0.3) is 0 Å². The molecule has 2 rings (SSSR count). The fourth-order valence-corrected chi connectivity index (χ4v) is 2.60. The number of hydrogen-bond donors (Lipinski definition) is 0. The predicted octanol–water partition coefficient (Wildman–Crippen LogP) is 4.11. The van der Waals surface area contributed by atoms with Crippen LogP contribution in [0.5, 0.6) is 0 Å². The van der Waals surface area contributed by atoms with Crippen molar-refractivity contribution in [3.63, 3.8) is 0 Å². The van der Waals surface area contributed by atoms with Gasteiger partial charge >= 0.3 is 0 Å². The quantitative estimate of drug-likeness (QED) is 0.783. The number of halogens is 2. The summed E-state index contributed by atoms with van der Waals surface area (Å²) in [5.41, 5.74) is 0.635. The zero-order chi connectivity index (χ0) is 11.5. The first-order valence-electron chi connectivity index (χ1n) is 4.85. The monoisotopic (exact) mass is 272 g/mol. The lowest BCUT2D eigenvalue weighted by Crippen LogP contribution is -2.11. The lowest BCUT2D eigenvalue weighted by Gasteiger charge is -2.00. The highest BCUT2D eigenvalue weighted by atomic mass is 35.5. The zero-order valence-corrected chi connectivity index (χ0v) is 11.0. The Bertz CT molecular complexity index is 537. The topological polar surface area (TPSA) is 17.3 Å². The molecular formula is C11H10Cl2N2S. The molecule has 0 amide bonds. The molecule has 0 aliphatic rings. The summed E-state index contributed by atoms with van der Waals surface area (Å²) in [5.74, 6) is 0. The van der Waals surface area contributed by atoms with Crippen molar-refractivity contribution < 1.29 is 0 Å². The van der Waals surface area contributed by atoms with Crippen LogP contribution < -0.4 is 4.80 Å². The van der Waals surface area contributed by atoms with Gasteiger partial charge in [0, 0.05) is 18.1 Å². The fourth-order valence-electron chi connectivity index (χ4n) is 1.32. The molecule has 2 aromatic rings. The molecule has 0 radical (unpaired) electrons. The van der Waals surface area contributed by atoms with Gasteiger partial charge in [-0.2, -0.15) is 0 Å². The Hall–Kier alpha value is -0.770. The van der Waals surface area contributed by atoms with Gasteiger partial charge in [0.05, 0.1) is 10.0 Å². The lowest BCUT2D eigenvalue weighted by molar-refractivity contribution is 0.737. The number of nitrogens with zero attached hydrogens (tertiary/aromatic N) is 2. The number of hydrogen-bond acceptors (Lipinski definition) is 2. The molecule has 0 unspecified atom stereocenters. The van der Waals surface area contributed by atoms with Crippen LogP contribution in [0.2, 0.25) is 10.0 Å². The van der Waals surface area contributed by atoms with E-state index in [0.717, 1.165) is 11.3 Å². The molecule has 0 saturated heterocycles. The summed E-state index contributed by atoms with van der Waals surface area (Å²) in [7, 11) is 0. The Morgan fingerprint density at radius 1 is 1.31 bits per heavy atom. The van der Waals surface area contributed by atoms with E-state index in [1.54, 1.807) is 23.5 Å². The summed E-state index contributed by atoms with van der Waals surface area (Å²) in [6.45, 7) is 2.95. The van der Waals surface area contributed by atoms with E-state index in [9.17, 15) is 0 Å². The SMILES string of the molecule is CCn1ccsc1=Nc1c(Cl)cccc1Cl. The Morgan fingerprint density at radius 2 is 2.00 bits per heavy atom. The largest absolute Gasteiger partial charge is 0.324 e. The number of thiazole rings is 1. The van der Waals surface area contributed by atoms with Gasteiger partial charge < -0.3 is 4.57 Å². The summed E-state index contributed by atoms with van der Waals surface area (Å²) in [4.78, 5) is 5.39. The summed E-state index contributed by atoms with van der Waals surface area (Å²) >= 11 is 13.7. The molecule has 5 heteroatoms. The minimum atomic E-state index is 0.573. The normalized spacial score (nSPS) is 12.1. The molecule has 0 bridgehead atoms. The molecule has 1 aromatic heterocycles. The zero-order valence-electron chi connectivity index (χ0n) is 8.65.